The summed E-state index contributed by atoms with van der Waals surface area (Å²) in [6.45, 7) is 5.61. The van der Waals surface area contributed by atoms with Gasteiger partial charge < -0.3 is 10.2 Å². The first kappa shape index (κ1) is 14.8. The molecule has 1 rings (SSSR count). The van der Waals surface area contributed by atoms with E-state index in [1.807, 2.05) is 18.7 Å². The number of terminal acetylenes is 1. The van der Waals surface area contributed by atoms with Gasteiger partial charge in [-0.25, -0.2) is 4.68 Å². The zero-order valence-electron chi connectivity index (χ0n) is 11.2. The number of carbonyl (C=O) groups excluding carboxylic acids is 1. The fraction of sp³-hybridized carbons (Fsp3) is 0.462. The van der Waals surface area contributed by atoms with E-state index in [0.29, 0.717) is 0 Å². The SMILES string of the molecule is C#CCNC(=O)Cn1ncc(N(CC)CC)cc1=O. The Kier molecular flexibility index (Phi) is 5.61. The van der Waals surface area contributed by atoms with Gasteiger partial charge in [0.05, 0.1) is 18.4 Å². The summed E-state index contributed by atoms with van der Waals surface area (Å²) in [5.74, 6) is 1.96. The summed E-state index contributed by atoms with van der Waals surface area (Å²) in [5, 5.41) is 6.48. The van der Waals surface area contributed by atoms with Gasteiger partial charge in [-0.05, 0) is 13.8 Å². The summed E-state index contributed by atoms with van der Waals surface area (Å²) in [6.07, 6.45) is 6.62. The quantitative estimate of drug-likeness (QED) is 0.723. The smallest absolute Gasteiger partial charge is 0.269 e. The van der Waals surface area contributed by atoms with E-state index >= 15 is 0 Å². The van der Waals surface area contributed by atoms with Crippen molar-refractivity contribution in [3.05, 3.63) is 22.6 Å². The van der Waals surface area contributed by atoms with Crippen molar-refractivity contribution in [2.24, 2.45) is 0 Å². The molecule has 1 heterocycles. The average Bonchev–Trinajstić information content (AvgIpc) is 2.41. The highest BCUT2D eigenvalue weighted by Crippen LogP contribution is 2.07. The molecule has 0 aliphatic rings. The number of nitrogens with one attached hydrogen (secondary N) is 1. The van der Waals surface area contributed by atoms with Crippen LogP contribution in [0, 0.1) is 12.3 Å². The second kappa shape index (κ2) is 7.21. The molecule has 1 aromatic rings. The molecule has 0 aromatic carbocycles. The van der Waals surface area contributed by atoms with Crippen LogP contribution in [0.3, 0.4) is 0 Å². The molecule has 0 atom stereocenters. The Morgan fingerprint density at radius 3 is 2.74 bits per heavy atom. The van der Waals surface area contributed by atoms with E-state index < -0.39 is 0 Å². The van der Waals surface area contributed by atoms with Crippen molar-refractivity contribution in [1.29, 1.82) is 0 Å². The van der Waals surface area contributed by atoms with Crippen LogP contribution in [-0.4, -0.2) is 35.3 Å². The van der Waals surface area contributed by atoms with Crippen LogP contribution in [0.5, 0.6) is 0 Å². The first-order chi connectivity index (χ1) is 9.12. The Morgan fingerprint density at radius 1 is 1.53 bits per heavy atom. The van der Waals surface area contributed by atoms with E-state index in [4.69, 9.17) is 6.42 Å². The van der Waals surface area contributed by atoms with Crippen molar-refractivity contribution in [2.45, 2.75) is 20.4 Å². The maximum absolute atomic E-state index is 11.8. The van der Waals surface area contributed by atoms with E-state index in [9.17, 15) is 9.59 Å². The molecule has 0 aliphatic heterocycles. The van der Waals surface area contributed by atoms with Crippen LogP contribution in [0.2, 0.25) is 0 Å². The Balaban J connectivity index is 2.81. The monoisotopic (exact) mass is 262 g/mol. The third-order valence-electron chi connectivity index (χ3n) is 2.66. The van der Waals surface area contributed by atoms with Gasteiger partial charge in [-0.1, -0.05) is 5.92 Å². The van der Waals surface area contributed by atoms with Crippen molar-refractivity contribution in [3.63, 3.8) is 0 Å². The lowest BCUT2D eigenvalue weighted by Gasteiger charge is -2.20. The van der Waals surface area contributed by atoms with Gasteiger partial charge in [-0.2, -0.15) is 5.10 Å². The third kappa shape index (κ3) is 4.14. The molecule has 1 N–H and O–H groups in total. The van der Waals surface area contributed by atoms with Gasteiger partial charge in [0.1, 0.15) is 6.54 Å². The van der Waals surface area contributed by atoms with E-state index in [2.05, 4.69) is 16.3 Å². The van der Waals surface area contributed by atoms with Crippen LogP contribution >= 0.6 is 0 Å². The minimum atomic E-state index is -0.330. The van der Waals surface area contributed by atoms with Gasteiger partial charge in [0, 0.05) is 19.2 Å². The van der Waals surface area contributed by atoms with Gasteiger partial charge in [0.25, 0.3) is 5.56 Å². The number of aromatic nitrogens is 2. The first-order valence-electron chi connectivity index (χ1n) is 6.14. The molecule has 19 heavy (non-hydrogen) atoms. The molecular weight excluding hydrogens is 244 g/mol. The molecule has 102 valence electrons. The van der Waals surface area contributed by atoms with Gasteiger partial charge in [-0.15, -0.1) is 6.42 Å². The molecule has 1 aromatic heterocycles. The topological polar surface area (TPSA) is 67.2 Å². The number of amides is 1. The fourth-order valence-electron chi connectivity index (χ4n) is 1.65. The van der Waals surface area contributed by atoms with Crippen LogP contribution in [0.4, 0.5) is 5.69 Å². The standard InChI is InChI=1S/C13H18N4O2/c1-4-7-14-12(18)10-17-13(19)8-11(9-15-17)16(5-2)6-3/h1,8-9H,5-7,10H2,2-3H3,(H,14,18). The lowest BCUT2D eigenvalue weighted by Crippen LogP contribution is -2.34. The van der Waals surface area contributed by atoms with E-state index in [1.54, 1.807) is 6.20 Å². The Labute approximate surface area is 112 Å². The first-order valence-corrected chi connectivity index (χ1v) is 6.14. The molecule has 0 saturated carbocycles. The van der Waals surface area contributed by atoms with Crippen LogP contribution in [0.25, 0.3) is 0 Å². The van der Waals surface area contributed by atoms with E-state index in [-0.39, 0.29) is 24.6 Å². The van der Waals surface area contributed by atoms with Crippen LogP contribution in [-0.2, 0) is 11.3 Å². The molecule has 1 amide bonds. The van der Waals surface area contributed by atoms with Crippen molar-refractivity contribution in [3.8, 4) is 12.3 Å². The Morgan fingerprint density at radius 2 is 2.21 bits per heavy atom. The minimum absolute atomic E-state index is 0.126. The second-order valence-corrected chi connectivity index (χ2v) is 3.86. The van der Waals surface area contributed by atoms with Crippen molar-refractivity contribution < 1.29 is 4.79 Å². The predicted octanol–water partition coefficient (Wildman–Crippen LogP) is -0.161. The van der Waals surface area contributed by atoms with Gasteiger partial charge in [0.2, 0.25) is 5.91 Å². The molecule has 0 saturated heterocycles. The fourth-order valence-corrected chi connectivity index (χ4v) is 1.65. The molecule has 0 aliphatic carbocycles. The second-order valence-electron chi connectivity index (χ2n) is 3.86. The van der Waals surface area contributed by atoms with Crippen LogP contribution in [0.1, 0.15) is 13.8 Å². The molecule has 0 unspecified atom stereocenters. The van der Waals surface area contributed by atoms with Crippen molar-refractivity contribution >= 4 is 11.6 Å². The molecule has 0 spiro atoms. The highest BCUT2D eigenvalue weighted by atomic mass is 16.2. The molecule has 6 heteroatoms. The third-order valence-corrected chi connectivity index (χ3v) is 2.66. The Hall–Kier alpha value is -2.29. The highest BCUT2D eigenvalue weighted by Gasteiger charge is 2.08. The normalized spacial score (nSPS) is 9.74. The van der Waals surface area contributed by atoms with E-state index in [1.165, 1.54) is 6.07 Å². The summed E-state index contributed by atoms with van der Waals surface area (Å²) >= 11 is 0. The minimum Gasteiger partial charge on any atom is -0.371 e. The summed E-state index contributed by atoms with van der Waals surface area (Å²) in [6, 6.07) is 1.48. The molecular formula is C13H18N4O2. The number of hydrogen-bond donors (Lipinski definition) is 1. The van der Waals surface area contributed by atoms with Crippen molar-refractivity contribution in [1.82, 2.24) is 15.1 Å². The Bertz CT molecular complexity index is 526. The predicted molar refractivity (Wildman–Crippen MR) is 73.9 cm³/mol. The van der Waals surface area contributed by atoms with Gasteiger partial charge in [0.15, 0.2) is 0 Å². The zero-order valence-corrected chi connectivity index (χ0v) is 11.2. The summed E-state index contributed by atoms with van der Waals surface area (Å²) in [5.41, 5.74) is 0.454. The maximum Gasteiger partial charge on any atom is 0.269 e. The number of rotatable bonds is 6. The van der Waals surface area contributed by atoms with E-state index in [0.717, 1.165) is 23.5 Å². The van der Waals surface area contributed by atoms with Gasteiger partial charge in [-0.3, -0.25) is 9.59 Å². The summed E-state index contributed by atoms with van der Waals surface area (Å²) < 4.78 is 1.11. The highest BCUT2D eigenvalue weighted by molar-refractivity contribution is 5.75. The van der Waals surface area contributed by atoms with Crippen LogP contribution < -0.4 is 15.8 Å². The molecule has 0 fully saturated rings. The van der Waals surface area contributed by atoms with Gasteiger partial charge >= 0.3 is 0 Å². The number of nitrogens with zero attached hydrogens (tertiary/aromatic N) is 3. The number of anilines is 1. The zero-order chi connectivity index (χ0) is 14.3. The average molecular weight is 262 g/mol. The number of carbonyl (C=O) groups is 1. The van der Waals surface area contributed by atoms with Crippen molar-refractivity contribution in [2.75, 3.05) is 24.5 Å². The molecule has 0 bridgehead atoms. The molecule has 6 nitrogen and oxygen atoms in total. The summed E-state index contributed by atoms with van der Waals surface area (Å²) in [4.78, 5) is 25.3. The molecule has 0 radical (unpaired) electrons. The maximum atomic E-state index is 11.8. The van der Waals surface area contributed by atoms with Crippen LogP contribution in [0.15, 0.2) is 17.1 Å². The largest absolute Gasteiger partial charge is 0.371 e. The lowest BCUT2D eigenvalue weighted by atomic mass is 10.4. The number of hydrogen-bond acceptors (Lipinski definition) is 4. The lowest BCUT2D eigenvalue weighted by molar-refractivity contribution is -0.121. The summed E-state index contributed by atoms with van der Waals surface area (Å²) in [7, 11) is 0.